The number of hydrogen-bond donors (Lipinski definition) is 18. The highest BCUT2D eigenvalue weighted by Gasteiger charge is 2.41. The summed E-state index contributed by atoms with van der Waals surface area (Å²) in [6.07, 6.45) is -0.305. The average molecular weight is 1440 g/mol. The molecule has 2 aliphatic heterocycles. The van der Waals surface area contributed by atoms with Crippen molar-refractivity contribution in [1.29, 1.82) is 0 Å². The molecular weight excluding hydrogens is 1330 g/mol. The van der Waals surface area contributed by atoms with Gasteiger partial charge in [0.1, 0.15) is 66.5 Å². The fourth-order valence-electron chi connectivity index (χ4n) is 10.8. The zero-order chi connectivity index (χ0) is 75.3. The lowest BCUT2D eigenvalue weighted by Crippen LogP contribution is -2.62. The van der Waals surface area contributed by atoms with Crippen molar-refractivity contribution in [3.8, 4) is 0 Å². The Kier molecular flexibility index (Phi) is 34.7. The third kappa shape index (κ3) is 27.8. The highest BCUT2D eigenvalue weighted by Crippen LogP contribution is 2.27. The SMILES string of the molecule is CC[C@H](C)[C@H](NC(=O)[C@@H](CCC(=O)O)NC(=O)[C@H](CC(C)C)NC(=O)[C@@H]1CSC([C@@H](N)C(C)(O)CC)=N1)C(=O)N[C@H]1CCCCNC(=O)[C@H](CC(N)=O)NC(=O)[C@@H](CC(=O)O)NC(=O)[C@H](Cc2cnc[nH]2)NC(=O)[C@@H](Cc2ccccc2)NC(=O)[C@H]([C@@H](C)CC)NC(=O)[C@@H](CCCN)NC1=O. The Hall–Kier alpha value is -9.09. The number of nitrogens with one attached hydrogen (secondary N) is 12. The predicted octanol–water partition coefficient (Wildman–Crippen LogP) is -2.56. The lowest BCUT2D eigenvalue weighted by atomic mass is 9.95. The van der Waals surface area contributed by atoms with E-state index in [0.29, 0.717) is 17.0 Å². The molecule has 34 nitrogen and oxygen atoms in total. The number of nitrogens with zero attached hydrogens (tertiary/aromatic N) is 2. The first-order valence-electron chi connectivity index (χ1n) is 34.1. The number of aromatic nitrogens is 2. The molecule has 0 radical (unpaired) electrons. The number of carbonyl (C=O) groups excluding carboxylic acids is 12. The van der Waals surface area contributed by atoms with E-state index >= 15 is 0 Å². The minimum absolute atomic E-state index is 0.00985. The summed E-state index contributed by atoms with van der Waals surface area (Å²) in [5.74, 6) is -15.9. The second kappa shape index (κ2) is 41.6. The quantitative estimate of drug-likeness (QED) is 0.0369. The first-order chi connectivity index (χ1) is 47.7. The molecule has 560 valence electrons. The molecule has 12 amide bonds. The van der Waals surface area contributed by atoms with E-state index in [-0.39, 0.29) is 94.7 Å². The van der Waals surface area contributed by atoms with Crippen molar-refractivity contribution < 1.29 is 82.4 Å². The van der Waals surface area contributed by atoms with Crippen LogP contribution in [0.3, 0.4) is 0 Å². The van der Waals surface area contributed by atoms with Gasteiger partial charge < -0.3 is 96.0 Å². The van der Waals surface area contributed by atoms with E-state index in [9.17, 15) is 82.4 Å². The van der Waals surface area contributed by atoms with Crippen LogP contribution < -0.4 is 75.7 Å². The Morgan fingerprint density at radius 2 is 1.31 bits per heavy atom. The Morgan fingerprint density at radius 1 is 0.703 bits per heavy atom. The summed E-state index contributed by atoms with van der Waals surface area (Å²) in [5, 5.41) is 59.4. The molecule has 101 heavy (non-hydrogen) atoms. The molecule has 1 aromatic heterocycles. The number of H-pyrrole nitrogens is 1. The molecule has 2 aliphatic rings. The van der Waals surface area contributed by atoms with Crippen molar-refractivity contribution in [2.45, 2.75) is 230 Å². The molecule has 35 heteroatoms. The Balaban J connectivity index is 1.77. The van der Waals surface area contributed by atoms with Gasteiger partial charge in [-0.05, 0) is 88.2 Å². The van der Waals surface area contributed by atoms with Crippen LogP contribution >= 0.6 is 11.8 Å². The summed E-state index contributed by atoms with van der Waals surface area (Å²) in [5.41, 5.74) is 17.3. The molecule has 4 rings (SSSR count). The topological polar surface area (TPSA) is 551 Å². The number of nitrogens with two attached hydrogens (primary N) is 3. The van der Waals surface area contributed by atoms with E-state index < -0.39 is 198 Å². The summed E-state index contributed by atoms with van der Waals surface area (Å²) in [6.45, 7) is 13.3. The highest BCUT2D eigenvalue weighted by atomic mass is 32.2. The number of amides is 12. The number of primary amides is 1. The smallest absolute Gasteiger partial charge is 0.305 e. The van der Waals surface area contributed by atoms with Gasteiger partial charge in [0.25, 0.3) is 0 Å². The monoisotopic (exact) mass is 1440 g/mol. The number of aliphatic hydroxyl groups is 1. The van der Waals surface area contributed by atoms with Gasteiger partial charge in [-0.2, -0.15) is 0 Å². The molecule has 1 saturated heterocycles. The van der Waals surface area contributed by atoms with Crippen LogP contribution in [0.1, 0.15) is 150 Å². The molecule has 0 aliphatic carbocycles. The largest absolute Gasteiger partial charge is 0.481 e. The lowest BCUT2D eigenvalue weighted by Gasteiger charge is -2.30. The second-order valence-electron chi connectivity index (χ2n) is 26.2. The number of carbonyl (C=O) groups is 14. The standard InChI is InChI=1S/C66H103N17O17S/c1-9-35(6)51(83-57(92)41(22-23-49(85)86)74-58(93)42(26-34(4)5)76-62(97)47-32-101-65(81-47)53(69)66(8,100)11-3)63(98)75-39-20-15-16-25-71-54(89)45(29-48(68)84)78-61(96)46(30-50(87)88)79-60(95)44(28-38-31-70-33-72-38)77-59(94)43(27-37-18-13-12-14-19-37)80-64(99)52(36(7)10-2)82-56(91)40(21-17-24-67)73-55(39)90/h12-14,18-19,31,33-36,39-47,51-53,100H,9-11,15-17,20-30,32,67,69H2,1-8H3,(H2,68,84)(H,70,72)(H,71,89)(H,73,90)(H,74,93)(H,75,98)(H,76,97)(H,77,94)(H,78,96)(H,79,95)(H,80,99)(H,82,91)(H,83,92)(H,85,86)(H,87,88)/t35-,36-,39-,40+,41+,42-,43+,44-,45-,46+,47-,51-,52-,53+,66?/m0/s1. The third-order valence-electron chi connectivity index (χ3n) is 17.6. The maximum atomic E-state index is 14.9. The molecule has 15 atom stereocenters. The summed E-state index contributed by atoms with van der Waals surface area (Å²) in [6, 6.07) is -9.15. The van der Waals surface area contributed by atoms with Crippen LogP contribution in [0.25, 0.3) is 0 Å². The zero-order valence-corrected chi connectivity index (χ0v) is 59.3. The van der Waals surface area contributed by atoms with E-state index in [4.69, 9.17) is 17.2 Å². The molecule has 21 N–H and O–H groups in total. The average Bonchev–Trinajstić information content (AvgIpc) is 1.32. The van der Waals surface area contributed by atoms with Gasteiger partial charge in [-0.15, -0.1) is 11.8 Å². The van der Waals surface area contributed by atoms with Gasteiger partial charge >= 0.3 is 11.9 Å². The number of aromatic amines is 1. The van der Waals surface area contributed by atoms with Gasteiger partial charge in [0.05, 0.1) is 35.9 Å². The van der Waals surface area contributed by atoms with E-state index in [1.165, 1.54) is 24.3 Å². The van der Waals surface area contributed by atoms with Crippen molar-refractivity contribution in [2.24, 2.45) is 39.9 Å². The molecule has 2 aromatic rings. The van der Waals surface area contributed by atoms with Crippen molar-refractivity contribution in [3.05, 3.63) is 54.1 Å². The Bertz CT molecular complexity index is 3210. The number of carboxylic acids is 2. The number of aliphatic imine (C=N–C) groups is 1. The van der Waals surface area contributed by atoms with Gasteiger partial charge in [0, 0.05) is 43.5 Å². The molecule has 1 unspecified atom stereocenters. The van der Waals surface area contributed by atoms with Crippen LogP contribution in [-0.2, 0) is 80.0 Å². The molecule has 0 spiro atoms. The Morgan fingerprint density at radius 3 is 1.89 bits per heavy atom. The second-order valence-corrected chi connectivity index (χ2v) is 27.3. The van der Waals surface area contributed by atoms with Crippen LogP contribution in [0.2, 0.25) is 0 Å². The maximum absolute atomic E-state index is 14.9. The number of hydrogen-bond acceptors (Lipinski definition) is 20. The van der Waals surface area contributed by atoms with Gasteiger partial charge in [-0.1, -0.05) is 91.6 Å². The van der Waals surface area contributed by atoms with Crippen LogP contribution in [-0.4, -0.2) is 210 Å². The van der Waals surface area contributed by atoms with Gasteiger partial charge in [0.15, 0.2) is 0 Å². The molecule has 0 bridgehead atoms. The van der Waals surface area contributed by atoms with Crippen molar-refractivity contribution in [2.75, 3.05) is 18.8 Å². The summed E-state index contributed by atoms with van der Waals surface area (Å²) in [7, 11) is 0. The summed E-state index contributed by atoms with van der Waals surface area (Å²) < 4.78 is 0. The van der Waals surface area contributed by atoms with Crippen LogP contribution in [0.4, 0.5) is 0 Å². The molecule has 3 heterocycles. The van der Waals surface area contributed by atoms with Crippen molar-refractivity contribution >= 4 is 99.6 Å². The Labute approximate surface area is 590 Å². The molecular formula is C66H103N17O17S. The van der Waals surface area contributed by atoms with Crippen LogP contribution in [0.5, 0.6) is 0 Å². The number of benzene rings is 1. The fraction of sp³-hybridized carbons (Fsp3) is 0.636. The van der Waals surface area contributed by atoms with Gasteiger partial charge in [0.2, 0.25) is 70.9 Å². The maximum Gasteiger partial charge on any atom is 0.305 e. The normalized spacial score (nSPS) is 23.4. The summed E-state index contributed by atoms with van der Waals surface area (Å²) in [4.78, 5) is 207. The number of rotatable bonds is 31. The van der Waals surface area contributed by atoms with Gasteiger partial charge in [-0.25, -0.2) is 4.98 Å². The van der Waals surface area contributed by atoms with Gasteiger partial charge in [-0.3, -0.25) is 72.1 Å². The molecule has 0 saturated carbocycles. The van der Waals surface area contributed by atoms with Crippen LogP contribution in [0.15, 0.2) is 47.8 Å². The summed E-state index contributed by atoms with van der Waals surface area (Å²) >= 11 is 1.19. The minimum Gasteiger partial charge on any atom is -0.481 e. The molecule has 1 aromatic carbocycles. The van der Waals surface area contributed by atoms with Crippen molar-refractivity contribution in [1.82, 2.24) is 68.5 Å². The minimum atomic E-state index is -1.95. The van der Waals surface area contributed by atoms with Crippen molar-refractivity contribution in [3.63, 3.8) is 0 Å². The van der Waals surface area contributed by atoms with E-state index in [1.54, 1.807) is 85.7 Å². The van der Waals surface area contributed by atoms with E-state index in [2.05, 4.69) is 73.4 Å². The van der Waals surface area contributed by atoms with E-state index in [1.807, 2.05) is 0 Å². The third-order valence-corrected chi connectivity index (χ3v) is 18.7. The lowest BCUT2D eigenvalue weighted by molar-refractivity contribution is -0.142. The zero-order valence-electron chi connectivity index (χ0n) is 58.5. The van der Waals surface area contributed by atoms with Crippen LogP contribution in [0, 0.1) is 17.8 Å². The number of thioether (sulfide) groups is 1. The van der Waals surface area contributed by atoms with E-state index in [0.717, 1.165) is 0 Å². The number of aliphatic carboxylic acids is 2. The predicted molar refractivity (Wildman–Crippen MR) is 371 cm³/mol. The highest BCUT2D eigenvalue weighted by molar-refractivity contribution is 8.14. The molecule has 1 fully saturated rings. The first-order valence-corrected chi connectivity index (χ1v) is 35.1. The number of carboxylic acid groups (broad SMARTS) is 2. The first kappa shape index (κ1) is 84.3. The fourth-order valence-corrected chi connectivity index (χ4v) is 12.0. The number of imidazole rings is 1.